The van der Waals surface area contributed by atoms with E-state index < -0.39 is 9.84 Å². The fourth-order valence-electron chi connectivity index (χ4n) is 2.32. The molecule has 0 aromatic rings. The van der Waals surface area contributed by atoms with Crippen LogP contribution in [0.5, 0.6) is 0 Å². The number of carbonyl (C=O) groups excluding carboxylic acids is 1. The Morgan fingerprint density at radius 3 is 2.65 bits per heavy atom. The SMILES string of the molecule is O=C(CC1(CS)CC1)NC1CCCS(=O)(=O)C1. The molecule has 0 aromatic heterocycles. The van der Waals surface area contributed by atoms with Gasteiger partial charge in [0.15, 0.2) is 9.84 Å². The van der Waals surface area contributed by atoms with Gasteiger partial charge in [0.1, 0.15) is 0 Å². The van der Waals surface area contributed by atoms with Crippen LogP contribution in [0.1, 0.15) is 32.1 Å². The Balaban J connectivity index is 1.82. The van der Waals surface area contributed by atoms with Gasteiger partial charge < -0.3 is 5.32 Å². The maximum Gasteiger partial charge on any atom is 0.220 e. The second kappa shape index (κ2) is 4.80. The van der Waals surface area contributed by atoms with Gasteiger partial charge in [-0.05, 0) is 36.9 Å². The minimum Gasteiger partial charge on any atom is -0.352 e. The van der Waals surface area contributed by atoms with Crippen LogP contribution in [0.15, 0.2) is 0 Å². The maximum atomic E-state index is 11.8. The summed E-state index contributed by atoms with van der Waals surface area (Å²) in [5.74, 6) is 1.09. The third-order valence-corrected chi connectivity index (χ3v) is 6.15. The van der Waals surface area contributed by atoms with Crippen molar-refractivity contribution in [1.29, 1.82) is 0 Å². The van der Waals surface area contributed by atoms with E-state index in [1.54, 1.807) is 0 Å². The number of hydrogen-bond donors (Lipinski definition) is 2. The molecule has 6 heteroatoms. The van der Waals surface area contributed by atoms with Gasteiger partial charge in [0.05, 0.1) is 11.5 Å². The summed E-state index contributed by atoms with van der Waals surface area (Å²) in [7, 11) is -2.94. The van der Waals surface area contributed by atoms with Crippen molar-refractivity contribution in [2.45, 2.75) is 38.1 Å². The lowest BCUT2D eigenvalue weighted by Gasteiger charge is -2.24. The Bertz CT molecular complexity index is 401. The normalized spacial score (nSPS) is 29.6. The van der Waals surface area contributed by atoms with Crippen LogP contribution in [0.2, 0.25) is 0 Å². The van der Waals surface area contributed by atoms with Crippen LogP contribution >= 0.6 is 12.6 Å². The Kier molecular flexibility index (Phi) is 3.73. The Labute approximate surface area is 108 Å². The van der Waals surface area contributed by atoms with Crippen LogP contribution in [-0.2, 0) is 14.6 Å². The average molecular weight is 277 g/mol. The molecule has 1 aliphatic carbocycles. The van der Waals surface area contributed by atoms with Crippen LogP contribution in [-0.4, -0.2) is 37.6 Å². The minimum absolute atomic E-state index is 0.0151. The molecule has 2 aliphatic rings. The molecular weight excluding hydrogens is 258 g/mol. The van der Waals surface area contributed by atoms with E-state index in [2.05, 4.69) is 17.9 Å². The molecule has 1 unspecified atom stereocenters. The average Bonchev–Trinajstić information content (AvgIpc) is 2.96. The van der Waals surface area contributed by atoms with E-state index in [-0.39, 0.29) is 28.9 Å². The van der Waals surface area contributed by atoms with E-state index in [1.165, 1.54) is 0 Å². The van der Waals surface area contributed by atoms with Crippen molar-refractivity contribution in [3.05, 3.63) is 0 Å². The molecule has 0 radical (unpaired) electrons. The molecule has 0 spiro atoms. The Morgan fingerprint density at radius 2 is 2.12 bits per heavy atom. The van der Waals surface area contributed by atoms with Gasteiger partial charge in [-0.25, -0.2) is 8.42 Å². The van der Waals surface area contributed by atoms with E-state index in [0.717, 1.165) is 25.0 Å². The van der Waals surface area contributed by atoms with E-state index in [0.29, 0.717) is 12.8 Å². The molecule has 17 heavy (non-hydrogen) atoms. The molecular formula is C11H19NO3S2. The highest BCUT2D eigenvalue weighted by Gasteiger charge is 2.43. The second-order valence-corrected chi connectivity index (χ2v) is 7.90. The molecule has 1 saturated heterocycles. The number of amides is 1. The first-order valence-electron chi connectivity index (χ1n) is 6.05. The van der Waals surface area contributed by atoms with Gasteiger partial charge in [0.25, 0.3) is 0 Å². The van der Waals surface area contributed by atoms with Crippen molar-refractivity contribution in [2.24, 2.45) is 5.41 Å². The number of thiol groups is 1. The van der Waals surface area contributed by atoms with E-state index in [4.69, 9.17) is 0 Å². The lowest BCUT2D eigenvalue weighted by atomic mass is 10.0. The van der Waals surface area contributed by atoms with Crippen LogP contribution in [0.4, 0.5) is 0 Å². The summed E-state index contributed by atoms with van der Waals surface area (Å²) in [4.78, 5) is 11.8. The fourth-order valence-corrected chi connectivity index (χ4v) is 4.39. The zero-order valence-electron chi connectivity index (χ0n) is 9.81. The van der Waals surface area contributed by atoms with Crippen molar-refractivity contribution < 1.29 is 13.2 Å². The summed E-state index contributed by atoms with van der Waals surface area (Å²) in [6.45, 7) is 0. The van der Waals surface area contributed by atoms with Crippen molar-refractivity contribution in [2.75, 3.05) is 17.3 Å². The number of rotatable bonds is 4. The van der Waals surface area contributed by atoms with Gasteiger partial charge in [-0.1, -0.05) is 0 Å². The van der Waals surface area contributed by atoms with Crippen molar-refractivity contribution in [1.82, 2.24) is 5.32 Å². The first-order valence-corrected chi connectivity index (χ1v) is 8.51. The molecule has 1 heterocycles. The van der Waals surface area contributed by atoms with Gasteiger partial charge >= 0.3 is 0 Å². The quantitative estimate of drug-likeness (QED) is 0.747. The fraction of sp³-hybridized carbons (Fsp3) is 0.909. The summed E-state index contributed by atoms with van der Waals surface area (Å²) in [5.41, 5.74) is 0.0980. The highest BCUT2D eigenvalue weighted by Crippen LogP contribution is 2.49. The van der Waals surface area contributed by atoms with Gasteiger partial charge in [-0.15, -0.1) is 0 Å². The van der Waals surface area contributed by atoms with E-state index in [1.807, 2.05) is 0 Å². The third-order valence-electron chi connectivity index (χ3n) is 3.66. The van der Waals surface area contributed by atoms with E-state index in [9.17, 15) is 13.2 Å². The summed E-state index contributed by atoms with van der Waals surface area (Å²) in [6, 6.07) is -0.183. The second-order valence-electron chi connectivity index (χ2n) is 5.36. The molecule has 1 N–H and O–H groups in total. The lowest BCUT2D eigenvalue weighted by molar-refractivity contribution is -0.122. The van der Waals surface area contributed by atoms with Crippen LogP contribution < -0.4 is 5.32 Å². The first kappa shape index (κ1) is 13.2. The van der Waals surface area contributed by atoms with Crippen molar-refractivity contribution in [3.8, 4) is 0 Å². The standard InChI is InChI=1S/C11H19NO3S2/c13-10(6-11(8-16)3-4-11)12-9-2-1-5-17(14,15)7-9/h9,16H,1-8H2,(H,12,13). The molecule has 1 aliphatic heterocycles. The predicted octanol–water partition coefficient (Wildman–Crippen LogP) is 0.780. The lowest BCUT2D eigenvalue weighted by Crippen LogP contribution is -2.43. The third kappa shape index (κ3) is 3.61. The first-order chi connectivity index (χ1) is 7.95. The van der Waals surface area contributed by atoms with Gasteiger partial charge in [0.2, 0.25) is 5.91 Å². The topological polar surface area (TPSA) is 63.2 Å². The highest BCUT2D eigenvalue weighted by molar-refractivity contribution is 7.91. The largest absolute Gasteiger partial charge is 0.352 e. The number of hydrogen-bond acceptors (Lipinski definition) is 4. The molecule has 0 bridgehead atoms. The molecule has 4 nitrogen and oxygen atoms in total. The molecule has 1 amide bonds. The molecule has 1 atom stereocenters. The van der Waals surface area contributed by atoms with E-state index >= 15 is 0 Å². The summed E-state index contributed by atoms with van der Waals surface area (Å²) >= 11 is 4.26. The van der Waals surface area contributed by atoms with Gasteiger partial charge in [-0.2, -0.15) is 12.6 Å². The smallest absolute Gasteiger partial charge is 0.220 e. The summed E-state index contributed by atoms with van der Waals surface area (Å²) < 4.78 is 22.9. The zero-order chi connectivity index (χ0) is 12.5. The zero-order valence-corrected chi connectivity index (χ0v) is 11.5. The number of carbonyl (C=O) groups is 1. The molecule has 0 aromatic carbocycles. The molecule has 2 rings (SSSR count). The highest BCUT2D eigenvalue weighted by atomic mass is 32.2. The summed E-state index contributed by atoms with van der Waals surface area (Å²) in [6.07, 6.45) is 4.05. The Morgan fingerprint density at radius 1 is 1.41 bits per heavy atom. The summed E-state index contributed by atoms with van der Waals surface area (Å²) in [5, 5.41) is 2.85. The van der Waals surface area contributed by atoms with Crippen LogP contribution in [0, 0.1) is 5.41 Å². The number of nitrogens with one attached hydrogen (secondary N) is 1. The van der Waals surface area contributed by atoms with Crippen LogP contribution in [0.25, 0.3) is 0 Å². The molecule has 2 fully saturated rings. The molecule has 1 saturated carbocycles. The monoisotopic (exact) mass is 277 g/mol. The van der Waals surface area contributed by atoms with Crippen molar-refractivity contribution in [3.63, 3.8) is 0 Å². The van der Waals surface area contributed by atoms with Gasteiger partial charge in [-0.3, -0.25) is 4.79 Å². The van der Waals surface area contributed by atoms with Gasteiger partial charge in [0, 0.05) is 12.5 Å². The van der Waals surface area contributed by atoms with Crippen molar-refractivity contribution >= 4 is 28.4 Å². The van der Waals surface area contributed by atoms with Crippen LogP contribution in [0.3, 0.4) is 0 Å². The molecule has 98 valence electrons. The Hall–Kier alpha value is -0.230. The number of sulfone groups is 1. The maximum absolute atomic E-state index is 11.8. The minimum atomic E-state index is -2.94. The predicted molar refractivity (Wildman–Crippen MR) is 70.0 cm³/mol.